The van der Waals surface area contributed by atoms with Crippen molar-refractivity contribution in [1.82, 2.24) is 20.5 Å². The molecule has 1 aromatic heterocycles. The molecule has 0 aromatic carbocycles. The number of carbonyl (C=O) groups excluding carboxylic acids is 3. The molecular weight excluding hydrogens is 565 g/mol. The Balaban J connectivity index is 1.55. The summed E-state index contributed by atoms with van der Waals surface area (Å²) in [6.07, 6.45) is -6.47. The van der Waals surface area contributed by atoms with Crippen LogP contribution in [-0.2, 0) is 33.6 Å². The number of amides is 3. The van der Waals surface area contributed by atoms with Crippen molar-refractivity contribution < 1.29 is 36.3 Å². The van der Waals surface area contributed by atoms with Gasteiger partial charge < -0.3 is 20.5 Å². The minimum absolute atomic E-state index is 0.000857. The number of H-pyrrole nitrogens is 1. The molecule has 230 valence electrons. The van der Waals surface area contributed by atoms with Gasteiger partial charge in [-0.25, -0.2) is 8.78 Å². The molecule has 3 amide bonds. The van der Waals surface area contributed by atoms with E-state index in [1.807, 2.05) is 19.9 Å². The summed E-state index contributed by atoms with van der Waals surface area (Å²) in [4.78, 5) is 55.3. The van der Waals surface area contributed by atoms with Crippen LogP contribution in [0.2, 0.25) is 0 Å². The highest BCUT2D eigenvalue weighted by Crippen LogP contribution is 2.65. The van der Waals surface area contributed by atoms with Gasteiger partial charge in [0.2, 0.25) is 11.8 Å². The van der Waals surface area contributed by atoms with Crippen molar-refractivity contribution in [2.24, 2.45) is 22.7 Å². The number of pyridine rings is 1. The van der Waals surface area contributed by atoms with E-state index >= 15 is 0 Å². The second kappa shape index (κ2) is 10.3. The maximum Gasteiger partial charge on any atom is 0.471 e. The fourth-order valence-corrected chi connectivity index (χ4v) is 6.31. The standard InChI is InChI=1S/C28H34F5N5O4/c1-25(2,3)20(37-24(42)28(31,32)33)23(41)38-12-16-18(26(16,4)5)19(38)22(40)35-15(11-34)9-13-8-14-10-27(29,30)7-6-17(14)36-21(13)39/h8,15-16,18-20H,6-7,9-10,12H2,1-5H3,(H,35,40)(H,36,39)(H,37,42)/t15?,16-,18+,19-,20+/m0/s1. The largest absolute Gasteiger partial charge is 0.471 e. The normalized spacial score (nSPS) is 25.4. The second-order valence-corrected chi connectivity index (χ2v) is 13.2. The topological polar surface area (TPSA) is 135 Å². The molecule has 5 atom stereocenters. The first-order valence-corrected chi connectivity index (χ1v) is 13.7. The van der Waals surface area contributed by atoms with E-state index < -0.39 is 71.8 Å². The first kappa shape index (κ1) is 31.4. The maximum atomic E-state index is 13.9. The zero-order valence-corrected chi connectivity index (χ0v) is 23.9. The van der Waals surface area contributed by atoms with Gasteiger partial charge in [-0.2, -0.15) is 18.4 Å². The molecule has 14 heteroatoms. The highest BCUT2D eigenvalue weighted by atomic mass is 19.4. The highest BCUT2D eigenvalue weighted by molar-refractivity contribution is 5.95. The van der Waals surface area contributed by atoms with E-state index in [9.17, 15) is 46.4 Å². The molecule has 3 aliphatic rings. The number of aromatic amines is 1. The fraction of sp³-hybridized carbons (Fsp3) is 0.679. The molecule has 0 bridgehead atoms. The van der Waals surface area contributed by atoms with E-state index in [0.29, 0.717) is 5.69 Å². The van der Waals surface area contributed by atoms with Crippen LogP contribution < -0.4 is 16.2 Å². The molecule has 1 aliphatic heterocycles. The van der Waals surface area contributed by atoms with Gasteiger partial charge in [0.1, 0.15) is 18.1 Å². The Hall–Kier alpha value is -3.50. The molecule has 0 radical (unpaired) electrons. The predicted octanol–water partition coefficient (Wildman–Crippen LogP) is 2.63. The Bertz CT molecular complexity index is 1390. The van der Waals surface area contributed by atoms with Gasteiger partial charge in [0.25, 0.3) is 11.5 Å². The van der Waals surface area contributed by atoms with Gasteiger partial charge in [0, 0.05) is 37.1 Å². The van der Waals surface area contributed by atoms with Crippen molar-refractivity contribution in [2.45, 2.75) is 90.5 Å². The Morgan fingerprint density at radius 2 is 1.83 bits per heavy atom. The number of aryl methyl sites for hydroxylation is 1. The molecule has 9 nitrogen and oxygen atoms in total. The summed E-state index contributed by atoms with van der Waals surface area (Å²) in [6.45, 7) is 8.31. The van der Waals surface area contributed by atoms with Crippen LogP contribution in [0.1, 0.15) is 57.9 Å². The molecule has 1 unspecified atom stereocenters. The van der Waals surface area contributed by atoms with Gasteiger partial charge >= 0.3 is 12.1 Å². The Morgan fingerprint density at radius 3 is 2.40 bits per heavy atom. The molecule has 4 rings (SSSR count). The van der Waals surface area contributed by atoms with E-state index in [-0.39, 0.29) is 47.8 Å². The van der Waals surface area contributed by atoms with Crippen molar-refractivity contribution in [3.05, 3.63) is 33.2 Å². The van der Waals surface area contributed by atoms with Crippen LogP contribution in [-0.4, -0.2) is 64.4 Å². The summed E-state index contributed by atoms with van der Waals surface area (Å²) in [6, 6.07) is -0.782. The quantitative estimate of drug-likeness (QED) is 0.432. The number of halogens is 5. The van der Waals surface area contributed by atoms with Crippen molar-refractivity contribution in [3.63, 3.8) is 0 Å². The summed E-state index contributed by atoms with van der Waals surface area (Å²) in [5.41, 5.74) is -1.38. The lowest BCUT2D eigenvalue weighted by atomic mass is 9.85. The number of aromatic nitrogens is 1. The molecule has 1 saturated heterocycles. The van der Waals surface area contributed by atoms with Gasteiger partial charge in [-0.05, 0) is 40.7 Å². The molecule has 2 fully saturated rings. The average Bonchev–Trinajstić information content (AvgIpc) is 3.18. The number of rotatable bonds is 6. The molecule has 2 heterocycles. The lowest BCUT2D eigenvalue weighted by molar-refractivity contribution is -0.176. The summed E-state index contributed by atoms with van der Waals surface area (Å²) >= 11 is 0. The number of hydrogen-bond acceptors (Lipinski definition) is 5. The van der Waals surface area contributed by atoms with Crippen molar-refractivity contribution in [2.75, 3.05) is 6.54 Å². The third kappa shape index (κ3) is 6.01. The van der Waals surface area contributed by atoms with Gasteiger partial charge in [-0.3, -0.25) is 19.2 Å². The van der Waals surface area contributed by atoms with E-state index in [4.69, 9.17) is 0 Å². The number of nitriles is 1. The first-order valence-electron chi connectivity index (χ1n) is 13.7. The molecule has 1 saturated carbocycles. The third-order valence-corrected chi connectivity index (χ3v) is 8.78. The van der Waals surface area contributed by atoms with Crippen LogP contribution in [0.25, 0.3) is 0 Å². The Morgan fingerprint density at radius 1 is 1.19 bits per heavy atom. The van der Waals surface area contributed by atoms with E-state index in [2.05, 4.69) is 10.3 Å². The first-order chi connectivity index (χ1) is 19.2. The minimum Gasteiger partial charge on any atom is -0.338 e. The number of fused-ring (bicyclic) bond motifs is 2. The molecule has 2 aliphatic carbocycles. The van der Waals surface area contributed by atoms with E-state index in [0.717, 1.165) is 4.90 Å². The number of hydrogen-bond donors (Lipinski definition) is 3. The number of nitrogens with one attached hydrogen (secondary N) is 3. The number of piperidine rings is 1. The second-order valence-electron chi connectivity index (χ2n) is 13.2. The van der Waals surface area contributed by atoms with Crippen LogP contribution >= 0.6 is 0 Å². The molecule has 1 aromatic rings. The van der Waals surface area contributed by atoms with Crippen LogP contribution in [0.5, 0.6) is 0 Å². The van der Waals surface area contributed by atoms with E-state index in [1.165, 1.54) is 26.8 Å². The van der Waals surface area contributed by atoms with Gasteiger partial charge in [-0.1, -0.05) is 34.6 Å². The maximum absolute atomic E-state index is 13.9. The summed E-state index contributed by atoms with van der Waals surface area (Å²) < 4.78 is 67.0. The average molecular weight is 600 g/mol. The molecule has 42 heavy (non-hydrogen) atoms. The van der Waals surface area contributed by atoms with Gasteiger partial charge in [-0.15, -0.1) is 0 Å². The Labute approximate surface area is 239 Å². The monoisotopic (exact) mass is 599 g/mol. The van der Waals surface area contributed by atoms with Crippen LogP contribution in [0, 0.1) is 34.0 Å². The molecule has 0 spiro atoms. The van der Waals surface area contributed by atoms with E-state index in [1.54, 1.807) is 5.32 Å². The third-order valence-electron chi connectivity index (χ3n) is 8.78. The number of nitrogens with zero attached hydrogens (tertiary/aromatic N) is 2. The minimum atomic E-state index is -5.22. The molecular formula is C28H34F5N5O4. The lowest BCUT2D eigenvalue weighted by Gasteiger charge is -2.37. The van der Waals surface area contributed by atoms with Crippen LogP contribution in [0.3, 0.4) is 0 Å². The van der Waals surface area contributed by atoms with Crippen molar-refractivity contribution >= 4 is 17.7 Å². The zero-order valence-electron chi connectivity index (χ0n) is 23.9. The Kier molecular flexibility index (Phi) is 7.74. The molecule has 3 N–H and O–H groups in total. The summed E-state index contributed by atoms with van der Waals surface area (Å²) in [7, 11) is 0. The number of likely N-dealkylation sites (tertiary alicyclic amines) is 1. The summed E-state index contributed by atoms with van der Waals surface area (Å²) in [5, 5.41) is 14.1. The number of carbonyl (C=O) groups is 3. The van der Waals surface area contributed by atoms with Gasteiger partial charge in [0.15, 0.2) is 0 Å². The SMILES string of the molecule is CC(C)(C)[C@H](NC(=O)C(F)(F)F)C(=O)N1C[C@H]2[C@H]([C@H]1C(=O)NC(C#N)Cc1cc3c([nH]c1=O)CCC(F)(F)C3)C2(C)C. The van der Waals surface area contributed by atoms with Crippen molar-refractivity contribution in [3.8, 4) is 6.07 Å². The predicted molar refractivity (Wildman–Crippen MR) is 139 cm³/mol. The van der Waals surface area contributed by atoms with Crippen LogP contribution in [0.4, 0.5) is 22.0 Å². The fourth-order valence-electron chi connectivity index (χ4n) is 6.31. The van der Waals surface area contributed by atoms with Gasteiger partial charge in [0.05, 0.1) is 6.07 Å². The smallest absolute Gasteiger partial charge is 0.338 e. The summed E-state index contributed by atoms with van der Waals surface area (Å²) in [5.74, 6) is -7.29. The highest BCUT2D eigenvalue weighted by Gasteiger charge is 2.70. The number of alkyl halides is 5. The van der Waals surface area contributed by atoms with Crippen LogP contribution in [0.15, 0.2) is 10.9 Å². The lowest BCUT2D eigenvalue weighted by Crippen LogP contribution is -2.61. The zero-order chi connectivity index (χ0) is 31.6. The van der Waals surface area contributed by atoms with Crippen molar-refractivity contribution in [1.29, 1.82) is 5.26 Å².